The van der Waals surface area contributed by atoms with Crippen molar-refractivity contribution in [1.82, 2.24) is 20.2 Å². The van der Waals surface area contributed by atoms with Gasteiger partial charge in [-0.1, -0.05) is 24.0 Å². The quantitative estimate of drug-likeness (QED) is 0.503. The van der Waals surface area contributed by atoms with Crippen LogP contribution >= 0.6 is 24.0 Å². The van der Waals surface area contributed by atoms with E-state index >= 15 is 0 Å². The Labute approximate surface area is 84.9 Å². The van der Waals surface area contributed by atoms with Gasteiger partial charge in [-0.05, 0) is 15.8 Å². The standard InChI is InChI=1S/C4H4N4O2S3/c9-13(10)3-8-4(5-6-7-8)12-2-1-11/h1,3H,2H2. The molecule has 1 rings (SSSR count). The van der Waals surface area contributed by atoms with E-state index in [0.29, 0.717) is 10.9 Å². The number of rotatable bonds is 4. The zero-order valence-corrected chi connectivity index (χ0v) is 8.64. The van der Waals surface area contributed by atoms with E-state index in [2.05, 4.69) is 27.7 Å². The first kappa shape index (κ1) is 10.3. The van der Waals surface area contributed by atoms with Gasteiger partial charge in [0.25, 0.3) is 0 Å². The SMILES string of the molecule is O=S(=O)=Cn1nnnc1SCC=S. The van der Waals surface area contributed by atoms with Crippen LogP contribution in [0.2, 0.25) is 0 Å². The molecule has 0 aliphatic carbocycles. The molecule has 1 aromatic rings. The van der Waals surface area contributed by atoms with Gasteiger partial charge in [0.1, 0.15) is 0 Å². The largest absolute Gasteiger partial charge is 0.232 e. The third kappa shape index (κ3) is 3.20. The van der Waals surface area contributed by atoms with E-state index in [1.807, 2.05) is 0 Å². The summed E-state index contributed by atoms with van der Waals surface area (Å²) in [4.78, 5) is 0. The molecule has 0 aliphatic heterocycles. The molecule has 1 heterocycles. The van der Waals surface area contributed by atoms with Crippen molar-refractivity contribution < 1.29 is 8.42 Å². The molecule has 0 bridgehead atoms. The lowest BCUT2D eigenvalue weighted by atomic mass is 11.0. The molecule has 0 aliphatic rings. The van der Waals surface area contributed by atoms with Crippen LogP contribution in [0.3, 0.4) is 0 Å². The summed E-state index contributed by atoms with van der Waals surface area (Å²) in [5, 5.41) is 12.3. The molecule has 0 saturated carbocycles. The maximum absolute atomic E-state index is 10.3. The topological polar surface area (TPSA) is 77.7 Å². The number of thiocarbonyl (C=S) groups is 1. The summed E-state index contributed by atoms with van der Waals surface area (Å²) in [5.41, 5.74) is 0.881. The minimum absolute atomic E-state index is 0.394. The number of thioether (sulfide) groups is 1. The normalized spacial score (nSPS) is 9.54. The Bertz CT molecular complexity index is 414. The van der Waals surface area contributed by atoms with E-state index in [0.717, 1.165) is 10.2 Å². The fourth-order valence-electron chi connectivity index (χ4n) is 0.537. The fourth-order valence-corrected chi connectivity index (χ4v) is 1.65. The number of hydrogen-bond acceptors (Lipinski definition) is 7. The molecule has 6 nitrogen and oxygen atoms in total. The average molecular weight is 236 g/mol. The molecule has 0 unspecified atom stereocenters. The van der Waals surface area contributed by atoms with Crippen molar-refractivity contribution in [3.05, 3.63) is 0 Å². The summed E-state index contributed by atoms with van der Waals surface area (Å²) in [5.74, 6) is 0.551. The number of hydrogen-bond donors (Lipinski definition) is 0. The fraction of sp³-hybridized carbons (Fsp3) is 0.250. The zero-order valence-electron chi connectivity index (χ0n) is 6.19. The number of tetrazole rings is 1. The molecule has 9 heteroatoms. The minimum Gasteiger partial charge on any atom is -0.183 e. The van der Waals surface area contributed by atoms with Crippen LogP contribution in [0.15, 0.2) is 5.16 Å². The molecular formula is C4H4N4O2S3. The van der Waals surface area contributed by atoms with Crippen LogP contribution < -0.4 is 0 Å². The molecule has 0 N–H and O–H groups in total. The van der Waals surface area contributed by atoms with Crippen molar-refractivity contribution in [2.45, 2.75) is 5.16 Å². The van der Waals surface area contributed by atoms with Gasteiger partial charge in [0.2, 0.25) is 15.4 Å². The highest BCUT2D eigenvalue weighted by Gasteiger charge is 2.02. The molecule has 0 atom stereocenters. The molecule has 0 fully saturated rings. The maximum atomic E-state index is 10.3. The summed E-state index contributed by atoms with van der Waals surface area (Å²) < 4.78 is 21.6. The first-order valence-electron chi connectivity index (χ1n) is 3.01. The van der Waals surface area contributed by atoms with Gasteiger partial charge in [-0.25, -0.2) is 0 Å². The highest BCUT2D eigenvalue weighted by Crippen LogP contribution is 2.09. The molecule has 0 amide bonds. The van der Waals surface area contributed by atoms with Crippen LogP contribution in [0.1, 0.15) is 0 Å². The van der Waals surface area contributed by atoms with Gasteiger partial charge < -0.3 is 0 Å². The van der Waals surface area contributed by atoms with Crippen LogP contribution in [0.5, 0.6) is 0 Å². The van der Waals surface area contributed by atoms with Crippen molar-refractivity contribution in [3.8, 4) is 0 Å². The van der Waals surface area contributed by atoms with E-state index in [1.165, 1.54) is 17.1 Å². The van der Waals surface area contributed by atoms with Crippen molar-refractivity contribution in [3.63, 3.8) is 0 Å². The predicted molar refractivity (Wildman–Crippen MR) is 52.6 cm³/mol. The Balaban J connectivity index is 2.89. The first-order chi connectivity index (χ1) is 6.24. The van der Waals surface area contributed by atoms with Crippen LogP contribution in [0.4, 0.5) is 0 Å². The Kier molecular flexibility index (Phi) is 3.99. The Morgan fingerprint density at radius 1 is 1.62 bits per heavy atom. The first-order valence-corrected chi connectivity index (χ1v) is 5.61. The molecule has 13 heavy (non-hydrogen) atoms. The van der Waals surface area contributed by atoms with Gasteiger partial charge in [-0.2, -0.15) is 13.1 Å². The van der Waals surface area contributed by atoms with E-state index < -0.39 is 10.3 Å². The van der Waals surface area contributed by atoms with Crippen LogP contribution in [0, 0.1) is 0 Å². The summed E-state index contributed by atoms with van der Waals surface area (Å²) in [6.07, 6.45) is 0. The molecule has 0 spiro atoms. The third-order valence-electron chi connectivity index (χ3n) is 0.929. The molecular weight excluding hydrogens is 232 g/mol. The van der Waals surface area contributed by atoms with E-state index in [-0.39, 0.29) is 0 Å². The molecule has 0 radical (unpaired) electrons. The second-order valence-electron chi connectivity index (χ2n) is 1.75. The molecule has 0 aromatic carbocycles. The monoisotopic (exact) mass is 236 g/mol. The highest BCUT2D eigenvalue weighted by molar-refractivity contribution is 8.00. The molecule has 70 valence electrons. The van der Waals surface area contributed by atoms with Gasteiger partial charge in [0.05, 0.1) is 0 Å². The Hall–Kier alpha value is -0.800. The lowest BCUT2D eigenvalue weighted by Crippen LogP contribution is -2.01. The van der Waals surface area contributed by atoms with Gasteiger partial charge >= 0.3 is 0 Å². The maximum Gasteiger partial charge on any atom is 0.232 e. The average Bonchev–Trinajstić information content (AvgIpc) is 2.48. The number of nitrogens with zero attached hydrogens (tertiary/aromatic N) is 4. The number of aromatic nitrogens is 4. The van der Waals surface area contributed by atoms with E-state index in [9.17, 15) is 8.42 Å². The van der Waals surface area contributed by atoms with Gasteiger partial charge in [-0.3, -0.25) is 0 Å². The molecule has 0 saturated heterocycles. The third-order valence-corrected chi connectivity index (χ3v) is 2.54. The summed E-state index contributed by atoms with van der Waals surface area (Å²) in [6, 6.07) is 0. The second-order valence-corrected chi connectivity index (χ2v) is 3.80. The minimum atomic E-state index is -2.31. The van der Waals surface area contributed by atoms with E-state index in [1.54, 1.807) is 0 Å². The van der Waals surface area contributed by atoms with Crippen LogP contribution in [-0.2, 0) is 10.3 Å². The lowest BCUT2D eigenvalue weighted by Gasteiger charge is -1.91. The van der Waals surface area contributed by atoms with Gasteiger partial charge in [0, 0.05) is 5.75 Å². The van der Waals surface area contributed by atoms with Gasteiger partial charge in [0.15, 0.2) is 5.49 Å². The van der Waals surface area contributed by atoms with Crippen molar-refractivity contribution in [2.24, 2.45) is 0 Å². The Morgan fingerprint density at radius 2 is 2.38 bits per heavy atom. The van der Waals surface area contributed by atoms with E-state index in [4.69, 9.17) is 0 Å². The van der Waals surface area contributed by atoms with Crippen molar-refractivity contribution >= 4 is 45.1 Å². The van der Waals surface area contributed by atoms with Crippen molar-refractivity contribution in [1.29, 1.82) is 0 Å². The van der Waals surface area contributed by atoms with Crippen molar-refractivity contribution in [2.75, 3.05) is 5.75 Å². The summed E-state index contributed by atoms with van der Waals surface area (Å²) >= 11 is 5.86. The summed E-state index contributed by atoms with van der Waals surface area (Å²) in [7, 11) is -2.31. The zero-order chi connectivity index (χ0) is 9.68. The predicted octanol–water partition coefficient (Wildman–Crippen LogP) is -0.748. The molecule has 1 aromatic heterocycles. The lowest BCUT2D eigenvalue weighted by molar-refractivity contribution is 0.626. The highest BCUT2D eigenvalue weighted by atomic mass is 32.2. The second kappa shape index (κ2) is 5.04. The van der Waals surface area contributed by atoms with Crippen LogP contribution in [0.25, 0.3) is 0 Å². The smallest absolute Gasteiger partial charge is 0.183 e. The Morgan fingerprint density at radius 3 is 3.00 bits per heavy atom. The van der Waals surface area contributed by atoms with Gasteiger partial charge in [-0.15, -0.1) is 5.10 Å². The summed E-state index contributed by atoms with van der Waals surface area (Å²) in [6.45, 7) is 0. The van der Waals surface area contributed by atoms with Crippen LogP contribution in [-0.4, -0.2) is 45.2 Å².